The maximum atomic E-state index is 10.1. The highest BCUT2D eigenvalue weighted by atomic mass is 79.9. The molecule has 0 radical (unpaired) electrons. The second kappa shape index (κ2) is 4.55. The fourth-order valence-corrected chi connectivity index (χ4v) is 1.90. The second-order valence-corrected chi connectivity index (χ2v) is 4.03. The third kappa shape index (κ3) is 2.25. The van der Waals surface area contributed by atoms with Crippen LogP contribution in [-0.4, -0.2) is 10.1 Å². The standard InChI is InChI=1S/C12H10BrNO/c13-10-6-2-1-5-9(10)12(15)11-7-3-4-8-14-11/h1-8,12,15H/t12-/m0/s1. The zero-order chi connectivity index (χ0) is 10.7. The van der Waals surface area contributed by atoms with E-state index in [9.17, 15) is 5.11 Å². The van der Waals surface area contributed by atoms with Crippen molar-refractivity contribution in [2.75, 3.05) is 0 Å². The Bertz CT molecular complexity index is 444. The topological polar surface area (TPSA) is 33.1 Å². The van der Waals surface area contributed by atoms with Gasteiger partial charge in [-0.05, 0) is 18.2 Å². The number of hydrogen-bond acceptors (Lipinski definition) is 2. The van der Waals surface area contributed by atoms with Crippen molar-refractivity contribution >= 4 is 15.9 Å². The number of aliphatic hydroxyl groups is 1. The van der Waals surface area contributed by atoms with Crippen molar-refractivity contribution in [2.45, 2.75) is 6.10 Å². The Hall–Kier alpha value is -1.19. The Morgan fingerprint density at radius 1 is 1.07 bits per heavy atom. The molecule has 2 nitrogen and oxygen atoms in total. The Morgan fingerprint density at radius 3 is 2.47 bits per heavy atom. The molecule has 1 aromatic carbocycles. The molecule has 1 atom stereocenters. The molecule has 1 N–H and O–H groups in total. The van der Waals surface area contributed by atoms with Gasteiger partial charge < -0.3 is 5.11 Å². The molecule has 0 saturated carbocycles. The molecule has 1 aromatic heterocycles. The first-order valence-electron chi connectivity index (χ1n) is 4.62. The fraction of sp³-hybridized carbons (Fsp3) is 0.0833. The molecule has 1 heterocycles. The number of halogens is 1. The van der Waals surface area contributed by atoms with E-state index in [2.05, 4.69) is 20.9 Å². The van der Waals surface area contributed by atoms with E-state index in [0.29, 0.717) is 5.69 Å². The molecule has 0 aliphatic rings. The van der Waals surface area contributed by atoms with Gasteiger partial charge in [-0.2, -0.15) is 0 Å². The molecule has 2 aromatic rings. The van der Waals surface area contributed by atoms with Crippen LogP contribution in [0.15, 0.2) is 53.1 Å². The first-order chi connectivity index (χ1) is 7.29. The van der Waals surface area contributed by atoms with Crippen molar-refractivity contribution in [1.29, 1.82) is 0 Å². The van der Waals surface area contributed by atoms with Gasteiger partial charge in [0.1, 0.15) is 6.10 Å². The van der Waals surface area contributed by atoms with Crippen molar-refractivity contribution in [3.63, 3.8) is 0 Å². The lowest BCUT2D eigenvalue weighted by atomic mass is 10.1. The molecule has 0 fully saturated rings. The van der Waals surface area contributed by atoms with Crippen LogP contribution in [0.1, 0.15) is 17.4 Å². The van der Waals surface area contributed by atoms with Crippen LogP contribution in [0.25, 0.3) is 0 Å². The third-order valence-corrected chi connectivity index (χ3v) is 2.89. The first kappa shape index (κ1) is 10.3. The molecular formula is C12H10BrNO. The number of hydrogen-bond donors (Lipinski definition) is 1. The Kier molecular flexibility index (Phi) is 3.14. The fourth-order valence-electron chi connectivity index (χ4n) is 1.39. The normalized spacial score (nSPS) is 12.4. The maximum absolute atomic E-state index is 10.1. The quantitative estimate of drug-likeness (QED) is 0.904. The van der Waals surface area contributed by atoms with Crippen LogP contribution in [0, 0.1) is 0 Å². The smallest absolute Gasteiger partial charge is 0.122 e. The van der Waals surface area contributed by atoms with Gasteiger partial charge in [-0.15, -0.1) is 0 Å². The van der Waals surface area contributed by atoms with Crippen molar-refractivity contribution in [3.05, 3.63) is 64.4 Å². The second-order valence-electron chi connectivity index (χ2n) is 3.18. The van der Waals surface area contributed by atoms with E-state index in [0.717, 1.165) is 10.0 Å². The number of rotatable bonds is 2. The molecule has 0 amide bonds. The lowest BCUT2D eigenvalue weighted by Crippen LogP contribution is -2.02. The van der Waals surface area contributed by atoms with Gasteiger partial charge in [0.05, 0.1) is 5.69 Å². The molecule has 0 saturated heterocycles. The summed E-state index contributed by atoms with van der Waals surface area (Å²) in [6.45, 7) is 0. The van der Waals surface area contributed by atoms with Crippen molar-refractivity contribution < 1.29 is 5.11 Å². The van der Waals surface area contributed by atoms with Crippen LogP contribution in [0.3, 0.4) is 0 Å². The highest BCUT2D eigenvalue weighted by molar-refractivity contribution is 9.10. The van der Waals surface area contributed by atoms with Crippen LogP contribution < -0.4 is 0 Å². The summed E-state index contributed by atoms with van der Waals surface area (Å²) in [7, 11) is 0. The number of pyridine rings is 1. The Labute approximate surface area is 96.7 Å². The monoisotopic (exact) mass is 263 g/mol. The van der Waals surface area contributed by atoms with Gasteiger partial charge in [0.25, 0.3) is 0 Å². The first-order valence-corrected chi connectivity index (χ1v) is 5.42. The van der Waals surface area contributed by atoms with Crippen LogP contribution in [0.5, 0.6) is 0 Å². The summed E-state index contributed by atoms with van der Waals surface area (Å²) >= 11 is 3.41. The van der Waals surface area contributed by atoms with E-state index in [1.165, 1.54) is 0 Å². The van der Waals surface area contributed by atoms with Gasteiger partial charge in [-0.3, -0.25) is 4.98 Å². The minimum Gasteiger partial charge on any atom is -0.382 e. The van der Waals surface area contributed by atoms with Gasteiger partial charge in [0.2, 0.25) is 0 Å². The van der Waals surface area contributed by atoms with E-state index < -0.39 is 6.10 Å². The Balaban J connectivity index is 2.37. The van der Waals surface area contributed by atoms with E-state index in [1.54, 1.807) is 6.20 Å². The van der Waals surface area contributed by atoms with Crippen LogP contribution in [-0.2, 0) is 0 Å². The average Bonchev–Trinajstić information content (AvgIpc) is 2.30. The van der Waals surface area contributed by atoms with Gasteiger partial charge in [-0.25, -0.2) is 0 Å². The van der Waals surface area contributed by atoms with Gasteiger partial charge in [0, 0.05) is 16.2 Å². The number of aliphatic hydroxyl groups excluding tert-OH is 1. The molecule has 0 bridgehead atoms. The van der Waals surface area contributed by atoms with E-state index in [-0.39, 0.29) is 0 Å². The summed E-state index contributed by atoms with van der Waals surface area (Å²) in [5, 5.41) is 10.1. The van der Waals surface area contributed by atoms with E-state index >= 15 is 0 Å². The van der Waals surface area contributed by atoms with Crippen LogP contribution in [0.2, 0.25) is 0 Å². The molecule has 76 valence electrons. The van der Waals surface area contributed by atoms with Gasteiger partial charge in [-0.1, -0.05) is 40.2 Å². The van der Waals surface area contributed by atoms with Crippen LogP contribution >= 0.6 is 15.9 Å². The molecule has 15 heavy (non-hydrogen) atoms. The Morgan fingerprint density at radius 2 is 1.80 bits per heavy atom. The molecule has 0 spiro atoms. The minimum atomic E-state index is -0.679. The predicted octanol–water partition coefficient (Wildman–Crippen LogP) is 2.93. The van der Waals surface area contributed by atoms with Crippen molar-refractivity contribution in [2.24, 2.45) is 0 Å². The molecule has 2 rings (SSSR count). The highest BCUT2D eigenvalue weighted by Crippen LogP contribution is 2.26. The van der Waals surface area contributed by atoms with E-state index in [1.807, 2.05) is 42.5 Å². The largest absolute Gasteiger partial charge is 0.382 e. The zero-order valence-electron chi connectivity index (χ0n) is 7.97. The summed E-state index contributed by atoms with van der Waals surface area (Å²) in [5.74, 6) is 0. The summed E-state index contributed by atoms with van der Waals surface area (Å²) in [5.41, 5.74) is 1.49. The zero-order valence-corrected chi connectivity index (χ0v) is 9.55. The summed E-state index contributed by atoms with van der Waals surface area (Å²) < 4.78 is 0.892. The molecule has 0 aliphatic heterocycles. The van der Waals surface area contributed by atoms with E-state index in [4.69, 9.17) is 0 Å². The lowest BCUT2D eigenvalue weighted by Gasteiger charge is -2.11. The van der Waals surface area contributed by atoms with Crippen molar-refractivity contribution in [3.8, 4) is 0 Å². The molecule has 0 aliphatic carbocycles. The maximum Gasteiger partial charge on any atom is 0.122 e. The molecule has 0 unspecified atom stereocenters. The number of nitrogens with zero attached hydrogens (tertiary/aromatic N) is 1. The highest BCUT2D eigenvalue weighted by Gasteiger charge is 2.13. The molecule has 3 heteroatoms. The summed E-state index contributed by atoms with van der Waals surface area (Å²) in [6.07, 6.45) is 0.997. The van der Waals surface area contributed by atoms with Crippen molar-refractivity contribution in [1.82, 2.24) is 4.98 Å². The SMILES string of the molecule is O[C@H](c1ccccn1)c1ccccc1Br. The number of aromatic nitrogens is 1. The van der Waals surface area contributed by atoms with Gasteiger partial charge >= 0.3 is 0 Å². The van der Waals surface area contributed by atoms with Gasteiger partial charge in [0.15, 0.2) is 0 Å². The minimum absolute atomic E-state index is 0.657. The molecular weight excluding hydrogens is 254 g/mol. The lowest BCUT2D eigenvalue weighted by molar-refractivity contribution is 0.214. The average molecular weight is 264 g/mol. The third-order valence-electron chi connectivity index (χ3n) is 2.17. The number of benzene rings is 1. The summed E-state index contributed by atoms with van der Waals surface area (Å²) in [6, 6.07) is 13.1. The predicted molar refractivity (Wildman–Crippen MR) is 62.4 cm³/mol. The summed E-state index contributed by atoms with van der Waals surface area (Å²) in [4.78, 5) is 4.13. The van der Waals surface area contributed by atoms with Crippen LogP contribution in [0.4, 0.5) is 0 Å².